The number of benzene rings is 1. The first-order chi connectivity index (χ1) is 8.33. The lowest BCUT2D eigenvalue weighted by molar-refractivity contribution is 0.232. The molecule has 0 aromatic heterocycles. The van der Waals surface area contributed by atoms with Gasteiger partial charge >= 0.3 is 0 Å². The molecular weight excluding hydrogens is 208 g/mol. The van der Waals surface area contributed by atoms with E-state index < -0.39 is 0 Å². The average molecular weight is 232 g/mol. The second-order valence-electron chi connectivity index (χ2n) is 4.84. The summed E-state index contributed by atoms with van der Waals surface area (Å²) < 4.78 is 0. The Labute approximate surface area is 105 Å². The molecule has 2 rings (SSSR count). The Bertz CT molecular complexity index is 354. The topological polar surface area (TPSA) is 15.3 Å². The fourth-order valence-corrected chi connectivity index (χ4v) is 2.50. The third-order valence-corrected chi connectivity index (χ3v) is 3.66. The molecule has 1 aliphatic heterocycles. The predicted octanol–water partition coefficient (Wildman–Crippen LogP) is 2.22. The minimum atomic E-state index is 1.12. The second kappa shape index (κ2) is 6.18. The molecule has 0 aliphatic carbocycles. The Hall–Kier alpha value is -0.860. The highest BCUT2D eigenvalue weighted by Gasteiger charge is 2.11. The number of piperazine rings is 1. The highest BCUT2D eigenvalue weighted by atomic mass is 15.2. The summed E-state index contributed by atoms with van der Waals surface area (Å²) in [5.74, 6) is 0. The summed E-state index contributed by atoms with van der Waals surface area (Å²) in [4.78, 5) is 2.56. The van der Waals surface area contributed by atoms with Crippen molar-refractivity contribution in [2.24, 2.45) is 0 Å². The van der Waals surface area contributed by atoms with Gasteiger partial charge in [0, 0.05) is 32.7 Å². The van der Waals surface area contributed by atoms with Crippen LogP contribution >= 0.6 is 0 Å². The molecule has 1 fully saturated rings. The van der Waals surface area contributed by atoms with E-state index >= 15 is 0 Å². The average Bonchev–Trinajstić information content (AvgIpc) is 2.40. The molecule has 94 valence electrons. The van der Waals surface area contributed by atoms with Gasteiger partial charge in [0.1, 0.15) is 0 Å². The predicted molar refractivity (Wildman–Crippen MR) is 73.3 cm³/mol. The van der Waals surface area contributed by atoms with Gasteiger partial charge in [-0.2, -0.15) is 0 Å². The molecule has 17 heavy (non-hydrogen) atoms. The van der Waals surface area contributed by atoms with Crippen LogP contribution in [0.3, 0.4) is 0 Å². The van der Waals surface area contributed by atoms with Gasteiger partial charge in [0.2, 0.25) is 0 Å². The van der Waals surface area contributed by atoms with Crippen molar-refractivity contribution in [2.45, 2.75) is 33.2 Å². The Morgan fingerprint density at radius 2 is 1.82 bits per heavy atom. The van der Waals surface area contributed by atoms with E-state index in [1.54, 1.807) is 0 Å². The molecule has 2 nitrogen and oxygen atoms in total. The molecule has 0 unspecified atom stereocenters. The number of hydrogen-bond donors (Lipinski definition) is 1. The Morgan fingerprint density at radius 1 is 1.06 bits per heavy atom. The summed E-state index contributed by atoms with van der Waals surface area (Å²) in [6.07, 6.45) is 2.28. The van der Waals surface area contributed by atoms with Crippen LogP contribution in [-0.4, -0.2) is 31.1 Å². The third-order valence-electron chi connectivity index (χ3n) is 3.66. The molecule has 2 heteroatoms. The molecule has 1 N–H and O–H groups in total. The first-order valence-electron chi connectivity index (χ1n) is 6.87. The van der Waals surface area contributed by atoms with Crippen molar-refractivity contribution in [3.8, 4) is 0 Å². The molecule has 1 aromatic carbocycles. The van der Waals surface area contributed by atoms with Crippen molar-refractivity contribution in [3.05, 3.63) is 34.9 Å². The summed E-state index contributed by atoms with van der Waals surface area (Å²) in [6, 6.07) is 7.00. The van der Waals surface area contributed by atoms with Gasteiger partial charge in [0.15, 0.2) is 0 Å². The molecule has 0 saturated carbocycles. The van der Waals surface area contributed by atoms with Crippen LogP contribution < -0.4 is 5.32 Å². The van der Waals surface area contributed by atoms with E-state index in [4.69, 9.17) is 0 Å². The van der Waals surface area contributed by atoms with E-state index in [0.717, 1.165) is 32.5 Å². The van der Waals surface area contributed by atoms with E-state index in [1.807, 2.05) is 0 Å². The van der Waals surface area contributed by atoms with Crippen molar-refractivity contribution in [1.29, 1.82) is 0 Å². The number of nitrogens with one attached hydrogen (secondary N) is 1. The zero-order valence-corrected chi connectivity index (χ0v) is 11.1. The normalized spacial score (nSPS) is 17.3. The van der Waals surface area contributed by atoms with Crippen molar-refractivity contribution in [1.82, 2.24) is 10.2 Å². The van der Waals surface area contributed by atoms with Gasteiger partial charge in [0.05, 0.1) is 0 Å². The molecule has 1 aliphatic rings. The summed E-state index contributed by atoms with van der Waals surface area (Å²) in [5.41, 5.74) is 4.52. The highest BCUT2D eigenvalue weighted by Crippen LogP contribution is 2.16. The van der Waals surface area contributed by atoms with Crippen LogP contribution in [0.5, 0.6) is 0 Å². The monoisotopic (exact) mass is 232 g/mol. The summed E-state index contributed by atoms with van der Waals surface area (Å²) in [6.45, 7) is 10.2. The van der Waals surface area contributed by atoms with Gasteiger partial charge in [-0.05, 0) is 29.5 Å². The number of hydrogen-bond acceptors (Lipinski definition) is 2. The summed E-state index contributed by atoms with van der Waals surface area (Å²) in [7, 11) is 0. The zero-order valence-electron chi connectivity index (χ0n) is 11.1. The molecule has 0 bridgehead atoms. The van der Waals surface area contributed by atoms with Gasteiger partial charge in [-0.15, -0.1) is 0 Å². The number of aryl methyl sites for hydroxylation is 2. The minimum absolute atomic E-state index is 1.12. The molecule has 0 amide bonds. The lowest BCUT2D eigenvalue weighted by Crippen LogP contribution is -2.43. The van der Waals surface area contributed by atoms with Crippen molar-refractivity contribution in [2.75, 3.05) is 26.2 Å². The number of nitrogens with zero attached hydrogens (tertiary/aromatic N) is 1. The maximum absolute atomic E-state index is 3.41. The standard InChI is InChI=1S/C15H24N2/c1-3-13-5-6-14(4-2)15(11-13)12-17-9-7-16-8-10-17/h5-6,11,16H,3-4,7-10,12H2,1-2H3. The Kier molecular flexibility index (Phi) is 4.57. The van der Waals surface area contributed by atoms with Gasteiger partial charge in [0.25, 0.3) is 0 Å². The van der Waals surface area contributed by atoms with Crippen LogP contribution in [0.15, 0.2) is 18.2 Å². The summed E-state index contributed by atoms with van der Waals surface area (Å²) >= 11 is 0. The van der Waals surface area contributed by atoms with E-state index in [9.17, 15) is 0 Å². The second-order valence-corrected chi connectivity index (χ2v) is 4.84. The zero-order chi connectivity index (χ0) is 12.1. The van der Waals surface area contributed by atoms with Crippen LogP contribution in [0.1, 0.15) is 30.5 Å². The fraction of sp³-hybridized carbons (Fsp3) is 0.600. The van der Waals surface area contributed by atoms with Gasteiger partial charge in [-0.3, -0.25) is 4.90 Å². The van der Waals surface area contributed by atoms with E-state index in [0.29, 0.717) is 0 Å². The quantitative estimate of drug-likeness (QED) is 0.856. The first kappa shape index (κ1) is 12.6. The van der Waals surface area contributed by atoms with E-state index in [1.165, 1.54) is 29.8 Å². The smallest absolute Gasteiger partial charge is 0.0237 e. The SMILES string of the molecule is CCc1ccc(CC)c(CN2CCNCC2)c1. The molecule has 1 heterocycles. The maximum atomic E-state index is 3.41. The van der Waals surface area contributed by atoms with Crippen LogP contribution in [0.25, 0.3) is 0 Å². The van der Waals surface area contributed by atoms with E-state index in [-0.39, 0.29) is 0 Å². The molecule has 1 aromatic rings. The van der Waals surface area contributed by atoms with Crippen molar-refractivity contribution < 1.29 is 0 Å². The van der Waals surface area contributed by atoms with Crippen molar-refractivity contribution >= 4 is 0 Å². The molecule has 0 spiro atoms. The van der Waals surface area contributed by atoms with Crippen molar-refractivity contribution in [3.63, 3.8) is 0 Å². The van der Waals surface area contributed by atoms with Crippen LogP contribution in [-0.2, 0) is 19.4 Å². The van der Waals surface area contributed by atoms with Crippen LogP contribution in [0, 0.1) is 0 Å². The molecule has 1 saturated heterocycles. The largest absolute Gasteiger partial charge is 0.314 e. The van der Waals surface area contributed by atoms with Crippen LogP contribution in [0.4, 0.5) is 0 Å². The summed E-state index contributed by atoms with van der Waals surface area (Å²) in [5, 5.41) is 3.41. The third kappa shape index (κ3) is 3.30. The van der Waals surface area contributed by atoms with Gasteiger partial charge in [-0.25, -0.2) is 0 Å². The Morgan fingerprint density at radius 3 is 2.47 bits per heavy atom. The maximum Gasteiger partial charge on any atom is 0.0237 e. The van der Waals surface area contributed by atoms with Gasteiger partial charge < -0.3 is 5.32 Å². The fourth-order valence-electron chi connectivity index (χ4n) is 2.50. The molecule has 0 atom stereocenters. The molecule has 0 radical (unpaired) electrons. The first-order valence-corrected chi connectivity index (χ1v) is 6.87. The Balaban J connectivity index is 2.11. The lowest BCUT2D eigenvalue weighted by atomic mass is 10.00. The minimum Gasteiger partial charge on any atom is -0.314 e. The lowest BCUT2D eigenvalue weighted by Gasteiger charge is -2.28. The highest BCUT2D eigenvalue weighted by molar-refractivity contribution is 5.32. The number of rotatable bonds is 4. The molecular formula is C15H24N2. The van der Waals surface area contributed by atoms with Crippen LogP contribution in [0.2, 0.25) is 0 Å². The van der Waals surface area contributed by atoms with E-state index in [2.05, 4.69) is 42.3 Å². The van der Waals surface area contributed by atoms with Gasteiger partial charge in [-0.1, -0.05) is 32.0 Å².